The number of carbonyl (C=O) groups is 1. The molecule has 1 aromatic heterocycles. The SMILES string of the molecule is CC(C)(C)OC(=O)CCC(CN)(c1ccccc1)c1ccncc1. The van der Waals surface area contributed by atoms with Gasteiger partial charge in [0.25, 0.3) is 0 Å². The third-order valence-corrected chi connectivity index (χ3v) is 4.08. The summed E-state index contributed by atoms with van der Waals surface area (Å²) in [5.41, 5.74) is 7.47. The van der Waals surface area contributed by atoms with E-state index in [-0.39, 0.29) is 5.97 Å². The second-order valence-corrected chi connectivity index (χ2v) is 6.97. The Hall–Kier alpha value is -2.20. The number of nitrogens with zero attached hydrogens (tertiary/aromatic N) is 1. The van der Waals surface area contributed by atoms with Crippen LogP contribution in [0, 0.1) is 0 Å². The second-order valence-electron chi connectivity index (χ2n) is 6.97. The van der Waals surface area contributed by atoms with Gasteiger partial charge in [-0.25, -0.2) is 0 Å². The van der Waals surface area contributed by atoms with E-state index in [1.165, 1.54) is 0 Å². The van der Waals surface area contributed by atoms with Crippen LogP contribution >= 0.6 is 0 Å². The van der Waals surface area contributed by atoms with Crippen LogP contribution in [0.1, 0.15) is 44.7 Å². The fourth-order valence-corrected chi connectivity index (χ4v) is 2.93. The number of esters is 1. The summed E-state index contributed by atoms with van der Waals surface area (Å²) in [5.74, 6) is -0.203. The molecular weight excluding hydrogens is 300 g/mol. The van der Waals surface area contributed by atoms with Gasteiger partial charge in [-0.15, -0.1) is 0 Å². The molecule has 2 aromatic rings. The van der Waals surface area contributed by atoms with E-state index in [2.05, 4.69) is 17.1 Å². The Morgan fingerprint density at radius 3 is 2.17 bits per heavy atom. The van der Waals surface area contributed by atoms with E-state index in [4.69, 9.17) is 10.5 Å². The molecule has 0 saturated carbocycles. The normalized spacial score (nSPS) is 14.0. The Morgan fingerprint density at radius 2 is 1.62 bits per heavy atom. The van der Waals surface area contributed by atoms with Crippen LogP contribution in [0.25, 0.3) is 0 Å². The van der Waals surface area contributed by atoms with Crippen LogP contribution in [0.4, 0.5) is 0 Å². The highest BCUT2D eigenvalue weighted by molar-refractivity contribution is 5.70. The quantitative estimate of drug-likeness (QED) is 0.826. The lowest BCUT2D eigenvalue weighted by Gasteiger charge is -2.34. The monoisotopic (exact) mass is 326 g/mol. The van der Waals surface area contributed by atoms with Crippen molar-refractivity contribution in [1.29, 1.82) is 0 Å². The molecule has 0 radical (unpaired) electrons. The average Bonchev–Trinajstić information content (AvgIpc) is 2.56. The molecule has 0 aliphatic rings. The molecule has 0 saturated heterocycles. The van der Waals surface area contributed by atoms with Crippen molar-refractivity contribution in [3.8, 4) is 0 Å². The zero-order valence-corrected chi connectivity index (χ0v) is 14.7. The average molecular weight is 326 g/mol. The number of ether oxygens (including phenoxy) is 1. The molecular formula is C20H26N2O2. The summed E-state index contributed by atoms with van der Waals surface area (Å²) in [7, 11) is 0. The highest BCUT2D eigenvalue weighted by Crippen LogP contribution is 2.36. The maximum absolute atomic E-state index is 12.2. The van der Waals surface area contributed by atoms with E-state index in [1.54, 1.807) is 12.4 Å². The van der Waals surface area contributed by atoms with Crippen molar-refractivity contribution in [3.05, 3.63) is 66.0 Å². The van der Waals surface area contributed by atoms with Gasteiger partial charge in [0, 0.05) is 30.8 Å². The Kier molecular flexibility index (Phi) is 5.73. The Morgan fingerprint density at radius 1 is 1.04 bits per heavy atom. The number of hydrogen-bond acceptors (Lipinski definition) is 4. The number of nitrogens with two attached hydrogens (primary N) is 1. The minimum atomic E-state index is -0.480. The van der Waals surface area contributed by atoms with Crippen molar-refractivity contribution in [2.75, 3.05) is 6.54 Å². The summed E-state index contributed by atoms with van der Waals surface area (Å²) in [6.07, 6.45) is 4.42. The maximum Gasteiger partial charge on any atom is 0.306 e. The summed E-state index contributed by atoms with van der Waals surface area (Å²) in [4.78, 5) is 16.3. The number of hydrogen-bond donors (Lipinski definition) is 1. The lowest BCUT2D eigenvalue weighted by atomic mass is 9.71. The van der Waals surface area contributed by atoms with Gasteiger partial charge in [0.05, 0.1) is 0 Å². The summed E-state index contributed by atoms with van der Waals surface area (Å²) >= 11 is 0. The highest BCUT2D eigenvalue weighted by Gasteiger charge is 2.34. The molecule has 2 rings (SSSR count). The van der Waals surface area contributed by atoms with Crippen molar-refractivity contribution >= 4 is 5.97 Å². The van der Waals surface area contributed by atoms with E-state index < -0.39 is 11.0 Å². The molecule has 0 amide bonds. The molecule has 1 atom stereocenters. The molecule has 2 N–H and O–H groups in total. The molecule has 1 aromatic carbocycles. The number of pyridine rings is 1. The lowest BCUT2D eigenvalue weighted by molar-refractivity contribution is -0.155. The van der Waals surface area contributed by atoms with Crippen LogP contribution in [0.3, 0.4) is 0 Å². The van der Waals surface area contributed by atoms with Gasteiger partial charge in [0.2, 0.25) is 0 Å². The van der Waals surface area contributed by atoms with Gasteiger partial charge < -0.3 is 10.5 Å². The second kappa shape index (κ2) is 7.58. The molecule has 0 aliphatic carbocycles. The topological polar surface area (TPSA) is 65.2 Å². The van der Waals surface area contributed by atoms with Gasteiger partial charge >= 0.3 is 5.97 Å². The van der Waals surface area contributed by atoms with Crippen molar-refractivity contribution in [2.24, 2.45) is 5.73 Å². The van der Waals surface area contributed by atoms with E-state index >= 15 is 0 Å². The van der Waals surface area contributed by atoms with Gasteiger partial charge in [-0.05, 0) is 50.5 Å². The van der Waals surface area contributed by atoms with Crippen LogP contribution < -0.4 is 5.73 Å². The number of benzene rings is 1. The molecule has 0 spiro atoms. The van der Waals surface area contributed by atoms with Crippen LogP contribution in [0.15, 0.2) is 54.9 Å². The minimum Gasteiger partial charge on any atom is -0.460 e. The van der Waals surface area contributed by atoms with Crippen LogP contribution in [-0.2, 0) is 14.9 Å². The van der Waals surface area contributed by atoms with E-state index in [1.807, 2.05) is 51.1 Å². The van der Waals surface area contributed by atoms with E-state index in [0.29, 0.717) is 19.4 Å². The highest BCUT2D eigenvalue weighted by atomic mass is 16.6. The van der Waals surface area contributed by atoms with Gasteiger partial charge in [-0.1, -0.05) is 30.3 Å². The Labute approximate surface area is 144 Å². The first-order valence-electron chi connectivity index (χ1n) is 8.25. The fourth-order valence-electron chi connectivity index (χ4n) is 2.93. The standard InChI is InChI=1S/C20H26N2O2/c1-19(2,3)24-18(23)9-12-20(15-21,16-7-5-4-6-8-16)17-10-13-22-14-11-17/h4-8,10-11,13-14H,9,12,15,21H2,1-3H3. The minimum absolute atomic E-state index is 0.203. The van der Waals surface area contributed by atoms with E-state index in [9.17, 15) is 4.79 Å². The molecule has 4 nitrogen and oxygen atoms in total. The number of rotatable bonds is 6. The summed E-state index contributed by atoms with van der Waals surface area (Å²) < 4.78 is 5.46. The Balaban J connectivity index is 2.32. The van der Waals surface area contributed by atoms with Crippen LogP contribution in [-0.4, -0.2) is 23.1 Å². The summed E-state index contributed by atoms with van der Waals surface area (Å²) in [6.45, 7) is 6.03. The third kappa shape index (κ3) is 4.42. The predicted molar refractivity (Wildman–Crippen MR) is 95.6 cm³/mol. The molecule has 1 heterocycles. The Bertz CT molecular complexity index is 609. The molecule has 0 fully saturated rings. The van der Waals surface area contributed by atoms with Crippen molar-refractivity contribution in [1.82, 2.24) is 4.98 Å². The van der Waals surface area contributed by atoms with Gasteiger partial charge in [-0.2, -0.15) is 0 Å². The molecule has 1 unspecified atom stereocenters. The first kappa shape index (κ1) is 18.1. The molecule has 0 aliphatic heterocycles. The van der Waals surface area contributed by atoms with Gasteiger partial charge in [-0.3, -0.25) is 9.78 Å². The molecule has 4 heteroatoms. The zero-order valence-electron chi connectivity index (χ0n) is 14.7. The molecule has 0 bridgehead atoms. The third-order valence-electron chi connectivity index (χ3n) is 4.08. The summed E-state index contributed by atoms with van der Waals surface area (Å²) in [6, 6.07) is 14.0. The first-order chi connectivity index (χ1) is 11.4. The van der Waals surface area contributed by atoms with E-state index in [0.717, 1.165) is 11.1 Å². The lowest BCUT2D eigenvalue weighted by Crippen LogP contribution is -2.37. The van der Waals surface area contributed by atoms with Crippen molar-refractivity contribution in [3.63, 3.8) is 0 Å². The van der Waals surface area contributed by atoms with Crippen molar-refractivity contribution in [2.45, 2.75) is 44.6 Å². The zero-order chi connectivity index (χ0) is 17.6. The number of carbonyl (C=O) groups excluding carboxylic acids is 1. The van der Waals surface area contributed by atoms with Crippen LogP contribution in [0.5, 0.6) is 0 Å². The van der Waals surface area contributed by atoms with Gasteiger partial charge in [0.15, 0.2) is 0 Å². The fraction of sp³-hybridized carbons (Fsp3) is 0.400. The first-order valence-corrected chi connectivity index (χ1v) is 8.25. The van der Waals surface area contributed by atoms with Crippen LogP contribution in [0.2, 0.25) is 0 Å². The smallest absolute Gasteiger partial charge is 0.306 e. The predicted octanol–water partition coefficient (Wildman–Crippen LogP) is 3.45. The maximum atomic E-state index is 12.2. The largest absolute Gasteiger partial charge is 0.460 e. The van der Waals surface area contributed by atoms with Gasteiger partial charge in [0.1, 0.15) is 5.60 Å². The van der Waals surface area contributed by atoms with Crippen molar-refractivity contribution < 1.29 is 9.53 Å². The number of aromatic nitrogens is 1. The summed E-state index contributed by atoms with van der Waals surface area (Å²) in [5, 5.41) is 0. The molecule has 128 valence electrons. The molecule has 24 heavy (non-hydrogen) atoms.